The molecule has 0 saturated carbocycles. The molecule has 142 valence electrons. The average Bonchev–Trinajstić information content (AvgIpc) is 3.10. The number of benzene rings is 2. The van der Waals surface area contributed by atoms with Crippen molar-refractivity contribution in [3.05, 3.63) is 71.9 Å². The van der Waals surface area contributed by atoms with Crippen molar-refractivity contribution in [1.82, 2.24) is 10.3 Å². The molecule has 2 unspecified atom stereocenters. The van der Waals surface area contributed by atoms with Crippen molar-refractivity contribution in [2.45, 2.75) is 25.0 Å². The number of aromatic nitrogens is 1. The van der Waals surface area contributed by atoms with Gasteiger partial charge in [-0.1, -0.05) is 48.5 Å². The highest BCUT2D eigenvalue weighted by molar-refractivity contribution is 5.83. The van der Waals surface area contributed by atoms with Gasteiger partial charge in [0.2, 0.25) is 0 Å². The van der Waals surface area contributed by atoms with Gasteiger partial charge >= 0.3 is 6.09 Å². The van der Waals surface area contributed by atoms with Crippen molar-refractivity contribution < 1.29 is 14.6 Å². The van der Waals surface area contributed by atoms with Gasteiger partial charge in [0, 0.05) is 30.1 Å². The zero-order chi connectivity index (χ0) is 19.1. The number of rotatable bonds is 8. The molecule has 6 nitrogen and oxygen atoms in total. The Morgan fingerprint density at radius 1 is 1.11 bits per heavy atom. The summed E-state index contributed by atoms with van der Waals surface area (Å²) in [6.07, 6.45) is 1.96. The highest BCUT2D eigenvalue weighted by Crippen LogP contribution is 2.19. The van der Waals surface area contributed by atoms with Crippen LogP contribution in [0.15, 0.2) is 60.8 Å². The molecule has 0 spiro atoms. The van der Waals surface area contributed by atoms with E-state index in [0.29, 0.717) is 12.8 Å². The van der Waals surface area contributed by atoms with E-state index in [9.17, 15) is 9.90 Å². The Labute approximate surface area is 158 Å². The summed E-state index contributed by atoms with van der Waals surface area (Å²) in [5.74, 6) is 0. The summed E-state index contributed by atoms with van der Waals surface area (Å²) >= 11 is 0. The molecule has 1 amide bonds. The minimum Gasteiger partial charge on any atom is -0.445 e. The first kappa shape index (κ1) is 18.9. The van der Waals surface area contributed by atoms with E-state index >= 15 is 0 Å². The Balaban J connectivity index is 1.57. The molecule has 5 N–H and O–H groups in total. The maximum atomic E-state index is 12.3. The van der Waals surface area contributed by atoms with E-state index in [1.807, 2.05) is 60.8 Å². The molecule has 0 bridgehead atoms. The number of nitrogens with one attached hydrogen (secondary N) is 2. The van der Waals surface area contributed by atoms with Gasteiger partial charge in [-0.2, -0.15) is 0 Å². The third kappa shape index (κ3) is 5.09. The minimum absolute atomic E-state index is 0.167. The molecule has 0 fully saturated rings. The van der Waals surface area contributed by atoms with Crippen LogP contribution >= 0.6 is 0 Å². The van der Waals surface area contributed by atoms with Gasteiger partial charge in [-0.3, -0.25) is 0 Å². The van der Waals surface area contributed by atoms with Crippen molar-refractivity contribution in [2.24, 2.45) is 5.73 Å². The number of nitrogens with two attached hydrogens (primary N) is 1. The number of aliphatic hydroxyl groups excluding tert-OH is 1. The molecule has 27 heavy (non-hydrogen) atoms. The first-order chi connectivity index (χ1) is 13.2. The SMILES string of the molecule is NCC(Cc1c[nH]c2ccccc12)OC(=O)NC(CO)Cc1ccccc1. The fourth-order valence-corrected chi connectivity index (χ4v) is 3.13. The van der Waals surface area contributed by atoms with Crippen molar-refractivity contribution in [3.63, 3.8) is 0 Å². The maximum Gasteiger partial charge on any atom is 0.407 e. The van der Waals surface area contributed by atoms with Crippen LogP contribution in [0.2, 0.25) is 0 Å². The lowest BCUT2D eigenvalue weighted by Crippen LogP contribution is -2.42. The molecular formula is C21H25N3O3. The van der Waals surface area contributed by atoms with Crippen LogP contribution in [0.1, 0.15) is 11.1 Å². The molecular weight excluding hydrogens is 342 g/mol. The number of carbonyl (C=O) groups excluding carboxylic acids is 1. The molecule has 0 aliphatic carbocycles. The number of aromatic amines is 1. The lowest BCUT2D eigenvalue weighted by atomic mass is 10.1. The normalized spacial score (nSPS) is 13.3. The summed E-state index contributed by atoms with van der Waals surface area (Å²) in [6.45, 7) is 0.0507. The van der Waals surface area contributed by atoms with Crippen LogP contribution in [-0.2, 0) is 17.6 Å². The second-order valence-corrected chi connectivity index (χ2v) is 6.54. The second-order valence-electron chi connectivity index (χ2n) is 6.54. The van der Waals surface area contributed by atoms with E-state index in [4.69, 9.17) is 10.5 Å². The first-order valence-electron chi connectivity index (χ1n) is 9.06. The molecule has 0 aliphatic rings. The number of ether oxygens (including phenoxy) is 1. The Morgan fingerprint density at radius 2 is 1.85 bits per heavy atom. The van der Waals surface area contributed by atoms with Gasteiger partial charge in [0.1, 0.15) is 6.10 Å². The van der Waals surface area contributed by atoms with E-state index in [1.165, 1.54) is 0 Å². The Hall–Kier alpha value is -2.83. The predicted octanol–water partition coefficient (Wildman–Crippen LogP) is 2.37. The van der Waals surface area contributed by atoms with Crippen molar-refractivity contribution in [1.29, 1.82) is 0 Å². The number of amides is 1. The number of para-hydroxylation sites is 1. The minimum atomic E-state index is -0.569. The van der Waals surface area contributed by atoms with E-state index in [-0.39, 0.29) is 13.2 Å². The average molecular weight is 367 g/mol. The topological polar surface area (TPSA) is 100 Å². The number of hydrogen-bond acceptors (Lipinski definition) is 4. The zero-order valence-electron chi connectivity index (χ0n) is 15.1. The summed E-state index contributed by atoms with van der Waals surface area (Å²) in [5.41, 5.74) is 8.93. The van der Waals surface area contributed by atoms with Gasteiger partial charge in [-0.15, -0.1) is 0 Å². The van der Waals surface area contributed by atoms with E-state index in [2.05, 4.69) is 10.3 Å². The van der Waals surface area contributed by atoms with E-state index in [0.717, 1.165) is 22.0 Å². The number of alkyl carbamates (subject to hydrolysis) is 1. The Morgan fingerprint density at radius 3 is 2.59 bits per heavy atom. The predicted molar refractivity (Wildman–Crippen MR) is 105 cm³/mol. The molecule has 2 atom stereocenters. The van der Waals surface area contributed by atoms with Crippen molar-refractivity contribution in [3.8, 4) is 0 Å². The Bertz CT molecular complexity index is 863. The number of carbonyl (C=O) groups is 1. The molecule has 3 rings (SSSR count). The van der Waals surface area contributed by atoms with Gasteiger partial charge in [-0.25, -0.2) is 4.79 Å². The second kappa shape index (κ2) is 9.21. The van der Waals surface area contributed by atoms with Crippen molar-refractivity contribution in [2.75, 3.05) is 13.2 Å². The molecule has 0 saturated heterocycles. The lowest BCUT2D eigenvalue weighted by Gasteiger charge is -2.20. The summed E-state index contributed by atoms with van der Waals surface area (Å²) in [7, 11) is 0. The first-order valence-corrected chi connectivity index (χ1v) is 9.06. The summed E-state index contributed by atoms with van der Waals surface area (Å²) < 4.78 is 5.49. The van der Waals surface area contributed by atoms with E-state index < -0.39 is 18.2 Å². The van der Waals surface area contributed by atoms with Crippen LogP contribution in [0.25, 0.3) is 10.9 Å². The molecule has 2 aromatic carbocycles. The lowest BCUT2D eigenvalue weighted by molar-refractivity contribution is 0.0946. The van der Waals surface area contributed by atoms with Gasteiger partial charge < -0.3 is 25.9 Å². The standard InChI is InChI=1S/C21H25N3O3/c22-12-18(11-16-13-23-20-9-5-4-8-19(16)20)27-21(26)24-17(14-25)10-15-6-2-1-3-7-15/h1-9,13,17-18,23,25H,10-12,14,22H2,(H,24,26). The van der Waals surface area contributed by atoms with Crippen LogP contribution < -0.4 is 11.1 Å². The summed E-state index contributed by atoms with van der Waals surface area (Å²) in [6, 6.07) is 17.2. The quantitative estimate of drug-likeness (QED) is 0.491. The number of hydrogen-bond donors (Lipinski definition) is 4. The maximum absolute atomic E-state index is 12.3. The monoisotopic (exact) mass is 367 g/mol. The molecule has 1 heterocycles. The zero-order valence-corrected chi connectivity index (χ0v) is 15.1. The molecule has 1 aromatic heterocycles. The number of H-pyrrole nitrogens is 1. The van der Waals surface area contributed by atoms with Crippen LogP contribution in [0.3, 0.4) is 0 Å². The van der Waals surface area contributed by atoms with Gasteiger partial charge in [0.05, 0.1) is 12.6 Å². The Kier molecular flexibility index (Phi) is 6.46. The van der Waals surface area contributed by atoms with Crippen molar-refractivity contribution >= 4 is 17.0 Å². The van der Waals surface area contributed by atoms with E-state index in [1.54, 1.807) is 0 Å². The van der Waals surface area contributed by atoms with Gasteiger partial charge in [0.15, 0.2) is 0 Å². The van der Waals surface area contributed by atoms with Crippen LogP contribution in [0.5, 0.6) is 0 Å². The molecule has 3 aromatic rings. The fourth-order valence-electron chi connectivity index (χ4n) is 3.13. The smallest absolute Gasteiger partial charge is 0.407 e. The third-order valence-electron chi connectivity index (χ3n) is 4.53. The highest BCUT2D eigenvalue weighted by atomic mass is 16.6. The summed E-state index contributed by atoms with van der Waals surface area (Å²) in [4.78, 5) is 15.5. The molecule has 0 aliphatic heterocycles. The molecule has 0 radical (unpaired) electrons. The largest absolute Gasteiger partial charge is 0.445 e. The van der Waals surface area contributed by atoms with Crippen LogP contribution in [-0.4, -0.2) is 41.5 Å². The highest BCUT2D eigenvalue weighted by Gasteiger charge is 2.18. The van der Waals surface area contributed by atoms with Crippen LogP contribution in [0.4, 0.5) is 4.79 Å². The van der Waals surface area contributed by atoms with Gasteiger partial charge in [-0.05, 0) is 23.6 Å². The molecule has 6 heteroatoms. The summed E-state index contributed by atoms with van der Waals surface area (Å²) in [5, 5.41) is 13.4. The number of aliphatic hydroxyl groups is 1. The third-order valence-corrected chi connectivity index (χ3v) is 4.53. The fraction of sp³-hybridized carbons (Fsp3) is 0.286. The number of fused-ring (bicyclic) bond motifs is 1. The van der Waals surface area contributed by atoms with Crippen LogP contribution in [0, 0.1) is 0 Å². The van der Waals surface area contributed by atoms with Gasteiger partial charge in [0.25, 0.3) is 0 Å².